The summed E-state index contributed by atoms with van der Waals surface area (Å²) in [5.41, 5.74) is 3.44. The van der Waals surface area contributed by atoms with Gasteiger partial charge < -0.3 is 9.97 Å². The zero-order chi connectivity index (χ0) is 15.6. The van der Waals surface area contributed by atoms with Crippen molar-refractivity contribution < 1.29 is 0 Å². The predicted molar refractivity (Wildman–Crippen MR) is 84.5 cm³/mol. The van der Waals surface area contributed by atoms with Gasteiger partial charge in [-0.05, 0) is 12.1 Å². The highest BCUT2D eigenvalue weighted by atomic mass is 16.1. The summed E-state index contributed by atoms with van der Waals surface area (Å²) in [6.07, 6.45) is 7.65. The van der Waals surface area contributed by atoms with Gasteiger partial charge in [-0.15, -0.1) is 0 Å². The third kappa shape index (κ3) is 2.78. The van der Waals surface area contributed by atoms with Crippen molar-refractivity contribution in [2.24, 2.45) is 0 Å². The highest BCUT2D eigenvalue weighted by Crippen LogP contribution is 2.18. The number of H-pyrrole nitrogens is 2. The van der Waals surface area contributed by atoms with E-state index in [1.54, 1.807) is 18.7 Å². The number of nitrogens with zero attached hydrogens (tertiary/aromatic N) is 4. The second-order valence-corrected chi connectivity index (χ2v) is 5.62. The molecule has 0 amide bonds. The second-order valence-electron chi connectivity index (χ2n) is 5.62. The summed E-state index contributed by atoms with van der Waals surface area (Å²) in [4.78, 5) is 33.4. The van der Waals surface area contributed by atoms with Crippen molar-refractivity contribution in [3.8, 4) is 11.4 Å². The molecule has 7 nitrogen and oxygen atoms in total. The molecule has 0 aliphatic carbocycles. The standard InChI is InChI=1S/C16H16N6O/c23-16-13-9-22(8-12-7-18-10-19-12)5-3-14(13)20-15(21-16)11-2-1-4-17-6-11/h1-2,4,6-7,10H,3,5,8-9H2,(H,18,19)(H,20,21,23). The van der Waals surface area contributed by atoms with E-state index in [0.29, 0.717) is 12.4 Å². The third-order valence-electron chi connectivity index (χ3n) is 4.03. The van der Waals surface area contributed by atoms with E-state index in [-0.39, 0.29) is 5.56 Å². The number of imidazole rings is 1. The molecule has 116 valence electrons. The molecule has 0 unspecified atom stereocenters. The molecule has 4 heterocycles. The minimum atomic E-state index is -0.0665. The number of aromatic amines is 2. The fourth-order valence-electron chi connectivity index (χ4n) is 2.87. The first-order valence-electron chi connectivity index (χ1n) is 7.51. The van der Waals surface area contributed by atoms with Gasteiger partial charge in [0, 0.05) is 55.9 Å². The molecule has 0 fully saturated rings. The lowest BCUT2D eigenvalue weighted by Crippen LogP contribution is -2.35. The van der Waals surface area contributed by atoms with Crippen molar-refractivity contribution in [3.63, 3.8) is 0 Å². The molecule has 0 spiro atoms. The highest BCUT2D eigenvalue weighted by Gasteiger charge is 2.21. The lowest BCUT2D eigenvalue weighted by atomic mass is 10.1. The largest absolute Gasteiger partial charge is 0.347 e. The van der Waals surface area contributed by atoms with Crippen LogP contribution in [0.25, 0.3) is 11.4 Å². The topological polar surface area (TPSA) is 90.6 Å². The van der Waals surface area contributed by atoms with Gasteiger partial charge >= 0.3 is 0 Å². The second kappa shape index (κ2) is 5.77. The zero-order valence-electron chi connectivity index (χ0n) is 12.5. The first-order valence-corrected chi connectivity index (χ1v) is 7.51. The molecule has 1 aliphatic rings. The van der Waals surface area contributed by atoms with Crippen LogP contribution in [0.2, 0.25) is 0 Å². The van der Waals surface area contributed by atoms with Crippen molar-refractivity contribution in [2.45, 2.75) is 19.5 Å². The molecule has 23 heavy (non-hydrogen) atoms. The van der Waals surface area contributed by atoms with Gasteiger partial charge in [0.25, 0.3) is 5.56 Å². The summed E-state index contributed by atoms with van der Waals surface area (Å²) in [5.74, 6) is 0.587. The first kappa shape index (κ1) is 13.8. The van der Waals surface area contributed by atoms with Gasteiger partial charge in [0.05, 0.1) is 17.6 Å². The Morgan fingerprint density at radius 3 is 3.00 bits per heavy atom. The Hall–Kier alpha value is -2.80. The van der Waals surface area contributed by atoms with Gasteiger partial charge in [-0.1, -0.05) is 0 Å². The maximum absolute atomic E-state index is 12.4. The average Bonchev–Trinajstić information content (AvgIpc) is 3.09. The third-order valence-corrected chi connectivity index (χ3v) is 4.03. The molecular weight excluding hydrogens is 292 g/mol. The Labute approximate surface area is 132 Å². The summed E-state index contributed by atoms with van der Waals surface area (Å²) >= 11 is 0. The van der Waals surface area contributed by atoms with Crippen LogP contribution in [0.5, 0.6) is 0 Å². The highest BCUT2D eigenvalue weighted by molar-refractivity contribution is 5.53. The summed E-state index contributed by atoms with van der Waals surface area (Å²) < 4.78 is 0. The van der Waals surface area contributed by atoms with Crippen LogP contribution in [0, 0.1) is 0 Å². The zero-order valence-corrected chi connectivity index (χ0v) is 12.5. The molecule has 4 rings (SSSR count). The molecule has 0 radical (unpaired) electrons. The Kier molecular flexibility index (Phi) is 3.47. The van der Waals surface area contributed by atoms with Crippen molar-refractivity contribution >= 4 is 0 Å². The number of aromatic nitrogens is 5. The van der Waals surface area contributed by atoms with Crippen LogP contribution < -0.4 is 5.56 Å². The van der Waals surface area contributed by atoms with Crippen LogP contribution in [0.4, 0.5) is 0 Å². The van der Waals surface area contributed by atoms with Crippen LogP contribution in [0.3, 0.4) is 0 Å². The van der Waals surface area contributed by atoms with Crippen LogP contribution in [-0.2, 0) is 19.5 Å². The van der Waals surface area contributed by atoms with Crippen molar-refractivity contribution in [2.75, 3.05) is 6.54 Å². The van der Waals surface area contributed by atoms with Gasteiger partial charge in [-0.3, -0.25) is 14.7 Å². The number of rotatable bonds is 3. The van der Waals surface area contributed by atoms with E-state index in [1.165, 1.54) is 0 Å². The minimum absolute atomic E-state index is 0.0665. The Morgan fingerprint density at radius 2 is 2.22 bits per heavy atom. The monoisotopic (exact) mass is 308 g/mol. The fraction of sp³-hybridized carbons (Fsp3) is 0.250. The minimum Gasteiger partial charge on any atom is -0.347 e. The van der Waals surface area contributed by atoms with Gasteiger partial charge in [-0.2, -0.15) is 0 Å². The van der Waals surface area contributed by atoms with Crippen LogP contribution >= 0.6 is 0 Å². The molecule has 0 bridgehead atoms. The van der Waals surface area contributed by atoms with Gasteiger partial charge in [0.2, 0.25) is 0 Å². The molecular formula is C16H16N6O. The average molecular weight is 308 g/mol. The number of pyridine rings is 1. The normalized spacial score (nSPS) is 14.6. The van der Waals surface area contributed by atoms with Crippen LogP contribution in [0.15, 0.2) is 41.8 Å². The molecule has 0 aromatic carbocycles. The molecule has 3 aromatic heterocycles. The molecule has 0 atom stereocenters. The molecule has 0 saturated heterocycles. The smallest absolute Gasteiger partial charge is 0.255 e. The van der Waals surface area contributed by atoms with E-state index in [1.807, 2.05) is 18.3 Å². The molecule has 2 N–H and O–H groups in total. The van der Waals surface area contributed by atoms with Crippen LogP contribution in [0.1, 0.15) is 17.0 Å². The van der Waals surface area contributed by atoms with E-state index in [9.17, 15) is 4.79 Å². The van der Waals surface area contributed by atoms with E-state index in [4.69, 9.17) is 0 Å². The number of hydrogen-bond acceptors (Lipinski definition) is 5. The van der Waals surface area contributed by atoms with Gasteiger partial charge in [0.1, 0.15) is 5.82 Å². The van der Waals surface area contributed by atoms with Gasteiger partial charge in [-0.25, -0.2) is 9.97 Å². The summed E-state index contributed by atoms with van der Waals surface area (Å²) in [6.45, 7) is 2.22. The molecule has 1 aliphatic heterocycles. The molecule has 0 saturated carbocycles. The lowest BCUT2D eigenvalue weighted by molar-refractivity contribution is 0.239. The number of fused-ring (bicyclic) bond motifs is 1. The van der Waals surface area contributed by atoms with E-state index < -0.39 is 0 Å². The summed E-state index contributed by atoms with van der Waals surface area (Å²) in [6, 6.07) is 3.73. The molecule has 3 aromatic rings. The fourth-order valence-corrected chi connectivity index (χ4v) is 2.87. The van der Waals surface area contributed by atoms with E-state index >= 15 is 0 Å². The number of hydrogen-bond donors (Lipinski definition) is 2. The lowest BCUT2D eigenvalue weighted by Gasteiger charge is -2.27. The maximum atomic E-state index is 12.4. The number of nitrogens with one attached hydrogen (secondary N) is 2. The van der Waals surface area contributed by atoms with Gasteiger partial charge in [0.15, 0.2) is 0 Å². The quantitative estimate of drug-likeness (QED) is 0.756. The van der Waals surface area contributed by atoms with E-state index in [0.717, 1.165) is 42.0 Å². The molecule has 7 heteroatoms. The summed E-state index contributed by atoms with van der Waals surface area (Å²) in [7, 11) is 0. The SMILES string of the molecule is O=c1[nH]c(-c2cccnc2)nc2c1CN(Cc1cnc[nH]1)CC2. The van der Waals surface area contributed by atoms with Crippen LogP contribution in [-0.4, -0.2) is 36.4 Å². The van der Waals surface area contributed by atoms with Crippen molar-refractivity contribution in [1.82, 2.24) is 29.8 Å². The predicted octanol–water partition coefficient (Wildman–Crippen LogP) is 1.11. The Bertz CT molecular complexity index is 856. The first-order chi connectivity index (χ1) is 11.3. The Balaban J connectivity index is 1.62. The summed E-state index contributed by atoms with van der Waals surface area (Å²) in [5, 5.41) is 0. The van der Waals surface area contributed by atoms with E-state index in [2.05, 4.69) is 29.8 Å². The maximum Gasteiger partial charge on any atom is 0.255 e. The van der Waals surface area contributed by atoms with Crippen molar-refractivity contribution in [1.29, 1.82) is 0 Å². The Morgan fingerprint density at radius 1 is 1.26 bits per heavy atom. The van der Waals surface area contributed by atoms with Crippen molar-refractivity contribution in [3.05, 3.63) is 64.4 Å².